The van der Waals surface area contributed by atoms with E-state index in [-0.39, 0.29) is 0 Å². The standard InChI is InChI=1S/C6H8I2O/c1-6(8)5-9-4-2-3-7/h6H,4-5H2,1H3. The van der Waals surface area contributed by atoms with Crippen molar-refractivity contribution in [2.75, 3.05) is 13.2 Å². The summed E-state index contributed by atoms with van der Waals surface area (Å²) in [6, 6.07) is 0. The van der Waals surface area contributed by atoms with Crippen molar-refractivity contribution < 1.29 is 4.74 Å². The minimum absolute atomic E-state index is 0.566. The molecule has 0 aliphatic rings. The summed E-state index contributed by atoms with van der Waals surface area (Å²) < 4.78 is 8.47. The van der Waals surface area contributed by atoms with E-state index >= 15 is 0 Å². The lowest BCUT2D eigenvalue weighted by Gasteiger charge is -1.99. The van der Waals surface area contributed by atoms with Crippen molar-refractivity contribution in [2.45, 2.75) is 10.8 Å². The summed E-state index contributed by atoms with van der Waals surface area (Å²) in [5.41, 5.74) is 0. The van der Waals surface area contributed by atoms with Gasteiger partial charge in [-0.25, -0.2) is 0 Å². The van der Waals surface area contributed by atoms with E-state index in [9.17, 15) is 0 Å². The van der Waals surface area contributed by atoms with Crippen LogP contribution in [0.15, 0.2) is 0 Å². The second-order valence-electron chi connectivity index (χ2n) is 1.57. The summed E-state index contributed by atoms with van der Waals surface area (Å²) >= 11 is 4.32. The normalized spacial score (nSPS) is 11.9. The monoisotopic (exact) mass is 350 g/mol. The van der Waals surface area contributed by atoms with Gasteiger partial charge in [-0.3, -0.25) is 0 Å². The minimum atomic E-state index is 0.566. The molecule has 1 atom stereocenters. The van der Waals surface area contributed by atoms with Crippen LogP contribution in [0.5, 0.6) is 0 Å². The highest BCUT2D eigenvalue weighted by Crippen LogP contribution is 1.97. The first-order chi connectivity index (χ1) is 4.27. The van der Waals surface area contributed by atoms with Gasteiger partial charge >= 0.3 is 0 Å². The topological polar surface area (TPSA) is 9.23 Å². The first kappa shape index (κ1) is 9.98. The highest BCUT2D eigenvalue weighted by molar-refractivity contribution is 14.1. The molecule has 1 nitrogen and oxygen atoms in total. The van der Waals surface area contributed by atoms with Crippen LogP contribution in [0.1, 0.15) is 6.92 Å². The predicted octanol–water partition coefficient (Wildman–Crippen LogP) is 2.22. The van der Waals surface area contributed by atoms with E-state index in [1.165, 1.54) is 0 Å². The molecule has 0 rings (SSSR count). The van der Waals surface area contributed by atoms with Gasteiger partial charge in [-0.05, 0) is 3.93 Å². The van der Waals surface area contributed by atoms with E-state index < -0.39 is 0 Å². The molecule has 0 bridgehead atoms. The van der Waals surface area contributed by atoms with Crippen molar-refractivity contribution in [3.05, 3.63) is 0 Å². The molecule has 0 radical (unpaired) electrons. The fourth-order valence-corrected chi connectivity index (χ4v) is 0.710. The van der Waals surface area contributed by atoms with Gasteiger partial charge in [0.1, 0.15) is 6.61 Å². The zero-order chi connectivity index (χ0) is 7.11. The average molecular weight is 350 g/mol. The molecule has 9 heavy (non-hydrogen) atoms. The minimum Gasteiger partial charge on any atom is -0.368 e. The lowest BCUT2D eigenvalue weighted by molar-refractivity contribution is 0.174. The molecule has 0 aliphatic heterocycles. The molecule has 0 saturated carbocycles. The van der Waals surface area contributed by atoms with Gasteiger partial charge in [0.15, 0.2) is 0 Å². The Hall–Kier alpha value is 0.980. The van der Waals surface area contributed by atoms with Crippen LogP contribution in [0.4, 0.5) is 0 Å². The lowest BCUT2D eigenvalue weighted by atomic mass is 10.5. The maximum Gasteiger partial charge on any atom is 0.108 e. The van der Waals surface area contributed by atoms with E-state index in [0.29, 0.717) is 10.5 Å². The Morgan fingerprint density at radius 1 is 1.67 bits per heavy atom. The molecule has 3 heteroatoms. The maximum absolute atomic E-state index is 5.15. The SMILES string of the molecule is CC(I)COCC#CI. The van der Waals surface area contributed by atoms with Gasteiger partial charge < -0.3 is 4.74 Å². The summed E-state index contributed by atoms with van der Waals surface area (Å²) in [7, 11) is 0. The van der Waals surface area contributed by atoms with Crippen molar-refractivity contribution in [3.63, 3.8) is 0 Å². The van der Waals surface area contributed by atoms with Crippen LogP contribution in [0.25, 0.3) is 0 Å². The van der Waals surface area contributed by atoms with Crippen LogP contribution in [0.3, 0.4) is 0 Å². The van der Waals surface area contributed by atoms with Crippen LogP contribution in [0.2, 0.25) is 0 Å². The Balaban J connectivity index is 2.98. The van der Waals surface area contributed by atoms with E-state index in [2.05, 4.69) is 39.4 Å². The molecule has 1 unspecified atom stereocenters. The molecule has 52 valence electrons. The number of rotatable bonds is 3. The number of alkyl halides is 1. The van der Waals surface area contributed by atoms with E-state index in [1.54, 1.807) is 0 Å². The molecular formula is C6H8I2O. The van der Waals surface area contributed by atoms with Crippen LogP contribution in [0, 0.1) is 9.85 Å². The lowest BCUT2D eigenvalue weighted by Crippen LogP contribution is -2.03. The Morgan fingerprint density at radius 2 is 2.33 bits per heavy atom. The molecule has 0 heterocycles. The Labute approximate surface area is 83.2 Å². The van der Waals surface area contributed by atoms with Crippen molar-refractivity contribution in [3.8, 4) is 9.85 Å². The Kier molecular flexibility index (Phi) is 7.86. The Bertz CT molecular complexity index is 112. The fraction of sp³-hybridized carbons (Fsp3) is 0.667. The molecule has 0 aromatic heterocycles. The van der Waals surface area contributed by atoms with E-state index in [1.807, 2.05) is 22.6 Å². The molecule has 0 aliphatic carbocycles. The number of hydrogen-bond donors (Lipinski definition) is 0. The van der Waals surface area contributed by atoms with Gasteiger partial charge in [-0.2, -0.15) is 0 Å². The third-order valence-electron chi connectivity index (χ3n) is 0.589. The van der Waals surface area contributed by atoms with Crippen molar-refractivity contribution in [2.24, 2.45) is 0 Å². The highest BCUT2D eigenvalue weighted by atomic mass is 127. The van der Waals surface area contributed by atoms with Crippen molar-refractivity contribution in [1.82, 2.24) is 0 Å². The zero-order valence-electron chi connectivity index (χ0n) is 5.16. The summed E-state index contributed by atoms with van der Waals surface area (Å²) in [5, 5.41) is 0. The summed E-state index contributed by atoms with van der Waals surface area (Å²) in [4.78, 5) is 0. The smallest absolute Gasteiger partial charge is 0.108 e. The molecule has 0 spiro atoms. The quantitative estimate of drug-likeness (QED) is 0.328. The maximum atomic E-state index is 5.15. The second-order valence-corrected chi connectivity index (χ2v) is 4.23. The first-order valence-corrected chi connectivity index (χ1v) is 4.90. The van der Waals surface area contributed by atoms with Crippen LogP contribution >= 0.6 is 45.2 Å². The predicted molar refractivity (Wildman–Crippen MR) is 56.1 cm³/mol. The third-order valence-corrected chi connectivity index (χ3v) is 1.33. The molecular weight excluding hydrogens is 342 g/mol. The molecule has 0 saturated heterocycles. The van der Waals surface area contributed by atoms with Crippen molar-refractivity contribution >= 4 is 45.2 Å². The summed E-state index contributed by atoms with van der Waals surface area (Å²) in [6.45, 7) is 3.47. The Morgan fingerprint density at radius 3 is 2.78 bits per heavy atom. The second kappa shape index (κ2) is 7.09. The number of halogens is 2. The summed E-state index contributed by atoms with van der Waals surface area (Å²) in [6.07, 6.45) is 0. The first-order valence-electron chi connectivity index (χ1n) is 2.57. The molecule has 0 amide bonds. The fourth-order valence-electron chi connectivity index (χ4n) is 0.300. The molecule has 0 aromatic rings. The molecule has 0 N–H and O–H groups in total. The summed E-state index contributed by atoms with van der Waals surface area (Å²) in [5.74, 6) is 2.81. The third kappa shape index (κ3) is 8.98. The molecule has 0 fully saturated rings. The average Bonchev–Trinajstić information content (AvgIpc) is 1.80. The van der Waals surface area contributed by atoms with Gasteiger partial charge in [0.25, 0.3) is 0 Å². The molecule has 0 aromatic carbocycles. The van der Waals surface area contributed by atoms with Gasteiger partial charge in [0, 0.05) is 26.5 Å². The van der Waals surface area contributed by atoms with Gasteiger partial charge in [0.05, 0.1) is 6.61 Å². The van der Waals surface area contributed by atoms with Gasteiger partial charge in [-0.1, -0.05) is 35.4 Å². The highest BCUT2D eigenvalue weighted by Gasteiger charge is 1.91. The van der Waals surface area contributed by atoms with Crippen molar-refractivity contribution in [1.29, 1.82) is 0 Å². The largest absolute Gasteiger partial charge is 0.368 e. The van der Waals surface area contributed by atoms with Crippen LogP contribution in [-0.4, -0.2) is 17.1 Å². The van der Waals surface area contributed by atoms with Gasteiger partial charge in [-0.15, -0.1) is 0 Å². The van der Waals surface area contributed by atoms with Gasteiger partial charge in [0.2, 0.25) is 0 Å². The van der Waals surface area contributed by atoms with E-state index in [4.69, 9.17) is 4.74 Å². The van der Waals surface area contributed by atoms with Crippen LogP contribution in [-0.2, 0) is 4.74 Å². The zero-order valence-corrected chi connectivity index (χ0v) is 9.47. The number of hydrogen-bond acceptors (Lipinski definition) is 1. The number of ether oxygens (including phenoxy) is 1. The van der Waals surface area contributed by atoms with E-state index in [0.717, 1.165) is 6.61 Å². The van der Waals surface area contributed by atoms with Crippen LogP contribution < -0.4 is 0 Å².